The fourth-order valence-corrected chi connectivity index (χ4v) is 2.50. The Morgan fingerprint density at radius 1 is 1.43 bits per heavy atom. The van der Waals surface area contributed by atoms with Crippen molar-refractivity contribution in [2.24, 2.45) is 5.92 Å². The number of benzene rings is 1. The molecule has 2 rings (SSSR count). The zero-order valence-corrected chi connectivity index (χ0v) is 12.5. The first-order valence-corrected chi connectivity index (χ1v) is 6.85. The molecule has 1 aromatic rings. The fourth-order valence-electron chi connectivity index (χ4n) is 2.50. The molecule has 0 aliphatic carbocycles. The van der Waals surface area contributed by atoms with Crippen molar-refractivity contribution in [3.8, 4) is 5.75 Å². The molecule has 2 unspecified atom stereocenters. The van der Waals surface area contributed by atoms with E-state index >= 15 is 0 Å². The normalized spacial score (nSPS) is 19.2. The Morgan fingerprint density at radius 3 is 2.67 bits per heavy atom. The van der Waals surface area contributed by atoms with Gasteiger partial charge in [-0.05, 0) is 25.0 Å². The maximum atomic E-state index is 13.8. The number of fused-ring (bicyclic) bond motifs is 1. The van der Waals surface area contributed by atoms with Gasteiger partial charge in [-0.25, -0.2) is 4.39 Å². The molecule has 4 nitrogen and oxygen atoms in total. The van der Waals surface area contributed by atoms with Crippen molar-refractivity contribution < 1.29 is 23.0 Å². The molecule has 116 valence electrons. The molecule has 0 aromatic heterocycles. The van der Waals surface area contributed by atoms with E-state index in [0.717, 1.165) is 6.07 Å². The molecule has 21 heavy (non-hydrogen) atoms. The molecule has 1 aliphatic heterocycles. The second kappa shape index (κ2) is 5.97. The topological polar surface area (TPSA) is 38.8 Å². The number of nitrogens with zero attached hydrogens (tertiary/aromatic N) is 1. The predicted molar refractivity (Wildman–Crippen MR) is 74.4 cm³/mol. The van der Waals surface area contributed by atoms with Gasteiger partial charge < -0.3 is 14.4 Å². The molecular weight excluding hydrogens is 280 g/mol. The second-order valence-electron chi connectivity index (χ2n) is 5.48. The molecule has 1 amide bonds. The number of hydrogen-bond acceptors (Lipinski definition) is 3. The lowest BCUT2D eigenvalue weighted by Crippen LogP contribution is -2.51. The first-order chi connectivity index (χ1) is 9.88. The summed E-state index contributed by atoms with van der Waals surface area (Å²) in [5, 5.41) is 0. The minimum atomic E-state index is -1.07. The fraction of sp³-hybridized carbons (Fsp3) is 0.533. The summed E-state index contributed by atoms with van der Waals surface area (Å²) in [6.45, 7) is 5.62. The first-order valence-electron chi connectivity index (χ1n) is 6.85. The highest BCUT2D eigenvalue weighted by atomic mass is 19.2. The molecule has 0 N–H and O–H groups in total. The average Bonchev–Trinajstić information content (AvgIpc) is 2.43. The Balaban J connectivity index is 2.46. The molecule has 0 spiro atoms. The number of carbonyl (C=O) groups is 1. The van der Waals surface area contributed by atoms with E-state index in [0.29, 0.717) is 0 Å². The Bertz CT molecular complexity index is 548. The van der Waals surface area contributed by atoms with Crippen LogP contribution in [0.15, 0.2) is 12.1 Å². The van der Waals surface area contributed by atoms with Crippen molar-refractivity contribution in [2.75, 3.05) is 18.6 Å². The largest absolute Gasteiger partial charge is 0.486 e. The number of hydrogen-bond donors (Lipinski definition) is 0. The van der Waals surface area contributed by atoms with Gasteiger partial charge in [0.05, 0.1) is 11.7 Å². The quantitative estimate of drug-likeness (QED) is 0.861. The summed E-state index contributed by atoms with van der Waals surface area (Å²) in [5.41, 5.74) is 0.236. The second-order valence-corrected chi connectivity index (χ2v) is 5.48. The molecule has 6 heteroatoms. The van der Waals surface area contributed by atoms with E-state index in [1.165, 1.54) is 18.1 Å². The smallest absolute Gasteiger partial charge is 0.256 e. The summed E-state index contributed by atoms with van der Waals surface area (Å²) >= 11 is 0. The average molecular weight is 299 g/mol. The first kappa shape index (κ1) is 15.7. The summed E-state index contributed by atoms with van der Waals surface area (Å²) in [6, 6.07) is 2.06. The SMILES string of the molecule is COC(C(=O)N1c2ccc(F)c(F)c2OCC1C)C(C)C. The van der Waals surface area contributed by atoms with E-state index in [2.05, 4.69) is 0 Å². The maximum absolute atomic E-state index is 13.8. The Labute approximate surface area is 122 Å². The molecule has 0 fully saturated rings. The molecule has 1 heterocycles. The molecule has 0 radical (unpaired) electrons. The molecule has 0 saturated heterocycles. The molecule has 0 saturated carbocycles. The lowest BCUT2D eigenvalue weighted by molar-refractivity contribution is -0.131. The number of amides is 1. The third-order valence-corrected chi connectivity index (χ3v) is 3.54. The number of ether oxygens (including phenoxy) is 2. The lowest BCUT2D eigenvalue weighted by Gasteiger charge is -2.37. The van der Waals surface area contributed by atoms with E-state index in [9.17, 15) is 13.6 Å². The van der Waals surface area contributed by atoms with E-state index in [1.807, 2.05) is 13.8 Å². The van der Waals surface area contributed by atoms with Gasteiger partial charge in [-0.2, -0.15) is 4.39 Å². The van der Waals surface area contributed by atoms with E-state index in [4.69, 9.17) is 9.47 Å². The Kier molecular flexibility index (Phi) is 4.46. The zero-order chi connectivity index (χ0) is 15.7. The van der Waals surface area contributed by atoms with Gasteiger partial charge in [-0.3, -0.25) is 4.79 Å². The highest BCUT2D eigenvalue weighted by Gasteiger charge is 2.36. The van der Waals surface area contributed by atoms with Crippen LogP contribution in [0, 0.1) is 17.6 Å². The number of anilines is 1. The van der Waals surface area contributed by atoms with Crippen LogP contribution < -0.4 is 9.64 Å². The maximum Gasteiger partial charge on any atom is 0.256 e. The summed E-state index contributed by atoms with van der Waals surface area (Å²) in [7, 11) is 1.46. The standard InChI is InChI=1S/C15H19F2NO3/c1-8(2)13(20-4)15(19)18-9(3)7-21-14-11(18)6-5-10(16)12(14)17/h5-6,8-9,13H,7H2,1-4H3. The van der Waals surface area contributed by atoms with Crippen LogP contribution in [-0.2, 0) is 9.53 Å². The Morgan fingerprint density at radius 2 is 2.10 bits per heavy atom. The zero-order valence-electron chi connectivity index (χ0n) is 12.5. The monoisotopic (exact) mass is 299 g/mol. The van der Waals surface area contributed by atoms with Gasteiger partial charge in [0.15, 0.2) is 11.6 Å². The molecule has 1 aromatic carbocycles. The minimum absolute atomic E-state index is 0.0358. The van der Waals surface area contributed by atoms with Crippen molar-refractivity contribution in [1.29, 1.82) is 0 Å². The van der Waals surface area contributed by atoms with Crippen molar-refractivity contribution in [3.05, 3.63) is 23.8 Å². The molecule has 1 aliphatic rings. The van der Waals surface area contributed by atoms with Crippen molar-refractivity contribution >= 4 is 11.6 Å². The van der Waals surface area contributed by atoms with E-state index in [1.54, 1.807) is 6.92 Å². The lowest BCUT2D eigenvalue weighted by atomic mass is 10.0. The highest BCUT2D eigenvalue weighted by Crippen LogP contribution is 2.38. The third-order valence-electron chi connectivity index (χ3n) is 3.54. The third kappa shape index (κ3) is 2.72. The minimum Gasteiger partial charge on any atom is -0.486 e. The predicted octanol–water partition coefficient (Wildman–Crippen LogP) is 2.75. The summed E-state index contributed by atoms with van der Waals surface area (Å²) in [4.78, 5) is 14.1. The van der Waals surface area contributed by atoms with Gasteiger partial charge in [0, 0.05) is 7.11 Å². The Hall–Kier alpha value is -1.69. The number of halogens is 2. The number of rotatable bonds is 3. The molecule has 0 bridgehead atoms. The van der Waals surface area contributed by atoms with Crippen molar-refractivity contribution in [2.45, 2.75) is 32.9 Å². The van der Waals surface area contributed by atoms with Crippen molar-refractivity contribution in [3.63, 3.8) is 0 Å². The van der Waals surface area contributed by atoms with Gasteiger partial charge in [0.1, 0.15) is 12.7 Å². The van der Waals surface area contributed by atoms with Crippen LogP contribution in [-0.4, -0.2) is 31.8 Å². The van der Waals surface area contributed by atoms with Crippen LogP contribution in [0.5, 0.6) is 5.75 Å². The van der Waals surface area contributed by atoms with Gasteiger partial charge in [-0.15, -0.1) is 0 Å². The van der Waals surface area contributed by atoms with Crippen LogP contribution in [0.2, 0.25) is 0 Å². The summed E-state index contributed by atoms with van der Waals surface area (Å²) < 4.78 is 37.6. The van der Waals surface area contributed by atoms with Crippen LogP contribution in [0.1, 0.15) is 20.8 Å². The van der Waals surface area contributed by atoms with E-state index in [-0.39, 0.29) is 35.9 Å². The summed E-state index contributed by atoms with van der Waals surface area (Å²) in [5.74, 6) is -2.61. The number of carbonyl (C=O) groups excluding carboxylic acids is 1. The van der Waals surface area contributed by atoms with Crippen molar-refractivity contribution in [1.82, 2.24) is 0 Å². The molecular formula is C15H19F2NO3. The highest BCUT2D eigenvalue weighted by molar-refractivity contribution is 5.99. The van der Waals surface area contributed by atoms with Gasteiger partial charge >= 0.3 is 0 Å². The van der Waals surface area contributed by atoms with Gasteiger partial charge in [-0.1, -0.05) is 13.8 Å². The number of methoxy groups -OCH3 is 1. The van der Waals surface area contributed by atoms with Gasteiger partial charge in [0.25, 0.3) is 5.91 Å². The summed E-state index contributed by atoms with van der Waals surface area (Å²) in [6.07, 6.45) is -0.647. The molecule has 2 atom stereocenters. The van der Waals surface area contributed by atoms with Crippen LogP contribution in [0.3, 0.4) is 0 Å². The van der Waals surface area contributed by atoms with Crippen LogP contribution in [0.25, 0.3) is 0 Å². The van der Waals surface area contributed by atoms with Gasteiger partial charge in [0.2, 0.25) is 5.82 Å². The van der Waals surface area contributed by atoms with Crippen LogP contribution >= 0.6 is 0 Å². The van der Waals surface area contributed by atoms with E-state index < -0.39 is 17.7 Å². The van der Waals surface area contributed by atoms with Crippen LogP contribution in [0.4, 0.5) is 14.5 Å².